The minimum Gasteiger partial charge on any atom is -0.367 e. The Morgan fingerprint density at radius 3 is 2.53 bits per heavy atom. The van der Waals surface area contributed by atoms with Gasteiger partial charge in [0.15, 0.2) is 0 Å². The molecule has 0 saturated carbocycles. The fourth-order valence-corrected chi connectivity index (χ4v) is 3.70. The van der Waals surface area contributed by atoms with Gasteiger partial charge < -0.3 is 9.57 Å². The van der Waals surface area contributed by atoms with E-state index >= 15 is 0 Å². The third kappa shape index (κ3) is 10.3. The van der Waals surface area contributed by atoms with Gasteiger partial charge in [-0.2, -0.15) is 8.42 Å². The molecule has 0 unspecified atom stereocenters. The van der Waals surface area contributed by atoms with Gasteiger partial charge in [-0.15, -0.1) is 0 Å². The Morgan fingerprint density at radius 1 is 1.47 bits per heavy atom. The second-order valence-corrected chi connectivity index (χ2v) is 7.99. The zero-order chi connectivity index (χ0) is 11.9. The second kappa shape index (κ2) is 7.34. The summed E-state index contributed by atoms with van der Waals surface area (Å²) < 4.78 is 27.3. The SMILES string of the molecule is CC(=O)ONS(=O)(=O)SSCOC(C)C. The zero-order valence-corrected chi connectivity index (χ0v) is 11.0. The molecule has 0 heterocycles. The van der Waals surface area contributed by atoms with Gasteiger partial charge in [-0.05, 0) is 29.5 Å². The highest BCUT2D eigenvalue weighted by molar-refractivity contribution is 9.06. The lowest BCUT2D eigenvalue weighted by atomic mass is 10.5. The van der Waals surface area contributed by atoms with Crippen LogP contribution in [-0.4, -0.2) is 26.4 Å². The first-order chi connectivity index (χ1) is 6.83. The lowest BCUT2D eigenvalue weighted by Crippen LogP contribution is -2.22. The fourth-order valence-electron chi connectivity index (χ4n) is 0.370. The first kappa shape index (κ1) is 15.0. The van der Waals surface area contributed by atoms with Gasteiger partial charge in [-0.25, -0.2) is 0 Å². The molecule has 0 amide bonds. The van der Waals surface area contributed by atoms with Crippen LogP contribution in [0.15, 0.2) is 0 Å². The van der Waals surface area contributed by atoms with Gasteiger partial charge in [0.25, 0.3) is 0 Å². The Bertz CT molecular complexity index is 289. The average Bonchev–Trinajstić information content (AvgIpc) is 2.09. The van der Waals surface area contributed by atoms with E-state index in [9.17, 15) is 13.2 Å². The summed E-state index contributed by atoms with van der Waals surface area (Å²) in [7, 11) is -2.14. The minimum absolute atomic E-state index is 0.0437. The van der Waals surface area contributed by atoms with Crippen molar-refractivity contribution < 1.29 is 22.8 Å². The summed E-state index contributed by atoms with van der Waals surface area (Å²) in [6, 6.07) is 0. The number of hydrogen-bond acceptors (Lipinski definition) is 7. The predicted octanol–water partition coefficient (Wildman–Crippen LogP) is 1.06. The molecular formula is C6H13NO5S3. The molecular weight excluding hydrogens is 262 g/mol. The average molecular weight is 275 g/mol. The van der Waals surface area contributed by atoms with Crippen molar-refractivity contribution in [3.63, 3.8) is 0 Å². The molecule has 0 aromatic carbocycles. The number of nitrogens with one attached hydrogen (secondary N) is 1. The van der Waals surface area contributed by atoms with Crippen LogP contribution in [-0.2, 0) is 23.4 Å². The highest BCUT2D eigenvalue weighted by Crippen LogP contribution is 2.27. The molecule has 0 spiro atoms. The number of carbonyl (C=O) groups is 1. The first-order valence-electron chi connectivity index (χ1n) is 3.95. The summed E-state index contributed by atoms with van der Waals surface area (Å²) >= 11 is 0. The van der Waals surface area contributed by atoms with Crippen molar-refractivity contribution in [3.8, 4) is 0 Å². The molecule has 90 valence electrons. The second-order valence-electron chi connectivity index (χ2n) is 2.65. The van der Waals surface area contributed by atoms with E-state index in [1.165, 1.54) is 0 Å². The van der Waals surface area contributed by atoms with Crippen LogP contribution in [0.2, 0.25) is 0 Å². The first-order valence-corrected chi connectivity index (χ1v) is 8.27. The summed E-state index contributed by atoms with van der Waals surface area (Å²) in [6.45, 7) is 4.79. The fraction of sp³-hybridized carbons (Fsp3) is 0.833. The molecule has 6 nitrogen and oxygen atoms in total. The van der Waals surface area contributed by atoms with Crippen LogP contribution in [0.3, 0.4) is 0 Å². The molecule has 0 aliphatic rings. The molecule has 0 atom stereocenters. The number of rotatable bonds is 7. The van der Waals surface area contributed by atoms with Crippen molar-refractivity contribution >= 4 is 35.6 Å². The normalized spacial score (nSPS) is 11.7. The van der Waals surface area contributed by atoms with E-state index in [2.05, 4.69) is 4.84 Å². The summed E-state index contributed by atoms with van der Waals surface area (Å²) in [4.78, 5) is 16.1. The van der Waals surface area contributed by atoms with Crippen LogP contribution in [0.4, 0.5) is 0 Å². The van der Waals surface area contributed by atoms with Crippen molar-refractivity contribution in [3.05, 3.63) is 0 Å². The maximum atomic E-state index is 11.1. The Balaban J connectivity index is 3.70. The van der Waals surface area contributed by atoms with Crippen molar-refractivity contribution in [2.45, 2.75) is 26.9 Å². The summed E-state index contributed by atoms with van der Waals surface area (Å²) in [6.07, 6.45) is 0.0437. The lowest BCUT2D eigenvalue weighted by Gasteiger charge is -2.06. The number of carbonyl (C=O) groups excluding carboxylic acids is 1. The van der Waals surface area contributed by atoms with Gasteiger partial charge in [0.1, 0.15) is 5.94 Å². The van der Waals surface area contributed by atoms with Crippen LogP contribution < -0.4 is 4.89 Å². The molecule has 0 aliphatic heterocycles. The number of hydrogen-bond donors (Lipinski definition) is 1. The maximum Gasteiger partial charge on any atom is 0.323 e. The third-order valence-corrected chi connectivity index (χ3v) is 5.47. The van der Waals surface area contributed by atoms with Crippen LogP contribution in [0.1, 0.15) is 20.8 Å². The van der Waals surface area contributed by atoms with Crippen molar-refractivity contribution in [2.24, 2.45) is 0 Å². The summed E-state index contributed by atoms with van der Waals surface area (Å²) in [5.41, 5.74) is 0. The molecule has 0 radical (unpaired) electrons. The minimum atomic E-state index is -3.67. The van der Waals surface area contributed by atoms with Gasteiger partial charge in [0, 0.05) is 6.92 Å². The molecule has 0 rings (SSSR count). The van der Waals surface area contributed by atoms with Crippen molar-refractivity contribution in [1.29, 1.82) is 0 Å². The Kier molecular flexibility index (Phi) is 7.36. The Labute approximate surface area is 96.3 Å². The van der Waals surface area contributed by atoms with Crippen LogP contribution >= 0.6 is 20.6 Å². The van der Waals surface area contributed by atoms with E-state index < -0.39 is 15.0 Å². The van der Waals surface area contributed by atoms with E-state index in [4.69, 9.17) is 4.74 Å². The molecule has 0 bridgehead atoms. The van der Waals surface area contributed by atoms with Crippen molar-refractivity contribution in [1.82, 2.24) is 4.89 Å². The quantitative estimate of drug-likeness (QED) is 0.322. The van der Waals surface area contributed by atoms with E-state index in [-0.39, 0.29) is 12.0 Å². The van der Waals surface area contributed by atoms with E-state index in [0.29, 0.717) is 9.83 Å². The number of ether oxygens (including phenoxy) is 1. The maximum absolute atomic E-state index is 11.1. The van der Waals surface area contributed by atoms with Gasteiger partial charge in [-0.3, -0.25) is 4.79 Å². The van der Waals surface area contributed by atoms with Crippen LogP contribution in [0.25, 0.3) is 0 Å². The van der Waals surface area contributed by atoms with Crippen LogP contribution in [0.5, 0.6) is 0 Å². The third-order valence-electron chi connectivity index (χ3n) is 0.875. The topological polar surface area (TPSA) is 81.7 Å². The molecule has 1 N–H and O–H groups in total. The Hall–Kier alpha value is 0.0400. The Morgan fingerprint density at radius 2 is 2.07 bits per heavy atom. The standard InChI is InChI=1S/C6H13NO5S3/c1-5(2)11-4-13-14-15(9,10)7-12-6(3)8/h5,7H,4H2,1-3H3. The molecule has 0 saturated heterocycles. The van der Waals surface area contributed by atoms with E-state index in [1.807, 2.05) is 13.8 Å². The van der Waals surface area contributed by atoms with Crippen LogP contribution in [0, 0.1) is 0 Å². The van der Waals surface area contributed by atoms with Gasteiger partial charge >= 0.3 is 15.0 Å². The molecule has 0 aromatic heterocycles. The molecule has 15 heavy (non-hydrogen) atoms. The molecule has 9 heteroatoms. The molecule has 0 aromatic rings. The smallest absolute Gasteiger partial charge is 0.323 e. The molecule has 0 aliphatic carbocycles. The van der Waals surface area contributed by atoms with E-state index in [1.54, 1.807) is 4.89 Å². The monoisotopic (exact) mass is 275 g/mol. The largest absolute Gasteiger partial charge is 0.367 e. The van der Waals surface area contributed by atoms with Gasteiger partial charge in [-0.1, -0.05) is 0 Å². The molecule has 0 fully saturated rings. The highest BCUT2D eigenvalue weighted by atomic mass is 33.5. The summed E-state index contributed by atoms with van der Waals surface area (Å²) in [5.74, 6) is -0.480. The zero-order valence-electron chi connectivity index (χ0n) is 8.55. The summed E-state index contributed by atoms with van der Waals surface area (Å²) in [5, 5.41) is 0. The lowest BCUT2D eigenvalue weighted by molar-refractivity contribution is -0.144. The van der Waals surface area contributed by atoms with Gasteiger partial charge in [0.05, 0.1) is 15.9 Å². The van der Waals surface area contributed by atoms with Crippen molar-refractivity contribution in [2.75, 3.05) is 5.94 Å². The van der Waals surface area contributed by atoms with Gasteiger partial charge in [0.2, 0.25) is 0 Å². The van der Waals surface area contributed by atoms with E-state index in [0.717, 1.165) is 17.7 Å². The predicted molar refractivity (Wildman–Crippen MR) is 60.1 cm³/mol. The highest BCUT2D eigenvalue weighted by Gasteiger charge is 2.13.